The van der Waals surface area contributed by atoms with Crippen molar-refractivity contribution in [3.8, 4) is 0 Å². The number of hydrogen-bond acceptors (Lipinski definition) is 3. The predicted molar refractivity (Wildman–Crippen MR) is 66.4 cm³/mol. The van der Waals surface area contributed by atoms with E-state index in [1.54, 1.807) is 4.90 Å². The first-order valence-corrected chi connectivity index (χ1v) is 6.41. The minimum Gasteiger partial charge on any atom is -0.481 e. The van der Waals surface area contributed by atoms with Gasteiger partial charge in [-0.15, -0.1) is 11.8 Å². The summed E-state index contributed by atoms with van der Waals surface area (Å²) in [6.45, 7) is 0.475. The second-order valence-corrected chi connectivity index (χ2v) is 4.82. The Kier molecular flexibility index (Phi) is 3.68. The van der Waals surface area contributed by atoms with E-state index in [4.69, 9.17) is 5.11 Å². The summed E-state index contributed by atoms with van der Waals surface area (Å²) in [4.78, 5) is 25.0. The van der Waals surface area contributed by atoms with Crippen LogP contribution in [0.5, 0.6) is 0 Å². The number of amides is 1. The van der Waals surface area contributed by atoms with Crippen LogP contribution < -0.4 is 4.90 Å². The molecule has 1 aliphatic heterocycles. The molecule has 0 fully saturated rings. The number of anilines is 1. The number of rotatable bonds is 4. The van der Waals surface area contributed by atoms with E-state index in [0.717, 1.165) is 10.6 Å². The Morgan fingerprint density at radius 1 is 1.41 bits per heavy atom. The van der Waals surface area contributed by atoms with E-state index >= 15 is 0 Å². The first-order chi connectivity index (χ1) is 8.18. The molecule has 0 atom stereocenters. The van der Waals surface area contributed by atoms with Crippen LogP contribution in [0.1, 0.15) is 12.8 Å². The molecule has 0 spiro atoms. The van der Waals surface area contributed by atoms with Gasteiger partial charge in [0.05, 0.1) is 11.4 Å². The highest BCUT2D eigenvalue weighted by Crippen LogP contribution is 2.34. The molecule has 0 saturated carbocycles. The minimum absolute atomic E-state index is 0.0547. The van der Waals surface area contributed by atoms with Gasteiger partial charge < -0.3 is 10.0 Å². The zero-order valence-electron chi connectivity index (χ0n) is 9.26. The fourth-order valence-electron chi connectivity index (χ4n) is 1.79. The molecule has 0 unspecified atom stereocenters. The summed E-state index contributed by atoms with van der Waals surface area (Å²) in [5.41, 5.74) is 0.902. The Labute approximate surface area is 104 Å². The van der Waals surface area contributed by atoms with Gasteiger partial charge in [0.1, 0.15) is 0 Å². The highest BCUT2D eigenvalue weighted by atomic mass is 32.2. The van der Waals surface area contributed by atoms with Gasteiger partial charge in [0.15, 0.2) is 0 Å². The maximum absolute atomic E-state index is 11.8. The van der Waals surface area contributed by atoms with E-state index in [0.29, 0.717) is 18.7 Å². The number of para-hydroxylation sites is 1. The fraction of sp³-hybridized carbons (Fsp3) is 0.333. The summed E-state index contributed by atoms with van der Waals surface area (Å²) in [6.07, 6.45) is 0.583. The van der Waals surface area contributed by atoms with E-state index in [9.17, 15) is 9.59 Å². The molecule has 4 nitrogen and oxygen atoms in total. The molecule has 2 rings (SSSR count). The van der Waals surface area contributed by atoms with E-state index < -0.39 is 5.97 Å². The molecule has 0 aliphatic carbocycles. The van der Waals surface area contributed by atoms with Gasteiger partial charge in [-0.1, -0.05) is 12.1 Å². The van der Waals surface area contributed by atoms with Crippen LogP contribution in [0.2, 0.25) is 0 Å². The van der Waals surface area contributed by atoms with Crippen LogP contribution in [0.3, 0.4) is 0 Å². The van der Waals surface area contributed by atoms with Crippen LogP contribution in [-0.4, -0.2) is 29.3 Å². The molecule has 1 aromatic rings. The van der Waals surface area contributed by atoms with Crippen molar-refractivity contribution < 1.29 is 14.7 Å². The molecule has 1 aliphatic rings. The molecule has 0 aromatic heterocycles. The summed E-state index contributed by atoms with van der Waals surface area (Å²) in [6, 6.07) is 7.72. The number of carbonyl (C=O) groups excluding carboxylic acids is 1. The van der Waals surface area contributed by atoms with Crippen molar-refractivity contribution in [2.45, 2.75) is 17.7 Å². The van der Waals surface area contributed by atoms with Crippen molar-refractivity contribution in [2.24, 2.45) is 0 Å². The van der Waals surface area contributed by atoms with Gasteiger partial charge in [-0.2, -0.15) is 0 Å². The average Bonchev–Trinajstić information content (AvgIpc) is 2.32. The Morgan fingerprint density at radius 2 is 2.18 bits per heavy atom. The largest absolute Gasteiger partial charge is 0.481 e. The molecular formula is C12H13NO3S. The maximum Gasteiger partial charge on any atom is 0.303 e. The Bertz CT molecular complexity index is 447. The summed E-state index contributed by atoms with van der Waals surface area (Å²) in [7, 11) is 0. The maximum atomic E-state index is 11.8. The third-order valence-electron chi connectivity index (χ3n) is 2.58. The third kappa shape index (κ3) is 2.79. The van der Waals surface area contributed by atoms with Gasteiger partial charge in [0, 0.05) is 17.9 Å². The van der Waals surface area contributed by atoms with Crippen LogP contribution in [0.25, 0.3) is 0 Å². The number of hydrogen-bond donors (Lipinski definition) is 1. The second-order valence-electron chi connectivity index (χ2n) is 3.80. The molecule has 1 aromatic carbocycles. The van der Waals surface area contributed by atoms with Crippen LogP contribution in [-0.2, 0) is 9.59 Å². The first kappa shape index (κ1) is 12.0. The Morgan fingerprint density at radius 3 is 2.94 bits per heavy atom. The van der Waals surface area contributed by atoms with Crippen molar-refractivity contribution in [3.63, 3.8) is 0 Å². The van der Waals surface area contributed by atoms with Gasteiger partial charge in [0.2, 0.25) is 5.91 Å². The highest BCUT2D eigenvalue weighted by Gasteiger charge is 2.23. The number of fused-ring (bicyclic) bond motifs is 1. The number of thioether (sulfide) groups is 1. The van der Waals surface area contributed by atoms with Crippen LogP contribution in [0, 0.1) is 0 Å². The van der Waals surface area contributed by atoms with E-state index in [-0.39, 0.29) is 12.3 Å². The number of aliphatic carboxylic acids is 1. The molecule has 17 heavy (non-hydrogen) atoms. The van der Waals surface area contributed by atoms with Gasteiger partial charge in [-0.05, 0) is 18.6 Å². The molecule has 1 N–H and O–H groups in total. The van der Waals surface area contributed by atoms with Crippen molar-refractivity contribution in [1.29, 1.82) is 0 Å². The summed E-state index contributed by atoms with van der Waals surface area (Å²) >= 11 is 1.53. The summed E-state index contributed by atoms with van der Waals surface area (Å²) < 4.78 is 0. The van der Waals surface area contributed by atoms with Crippen LogP contribution >= 0.6 is 11.8 Å². The van der Waals surface area contributed by atoms with E-state index in [1.165, 1.54) is 11.8 Å². The van der Waals surface area contributed by atoms with Gasteiger partial charge in [-0.25, -0.2) is 0 Å². The standard InChI is InChI=1S/C12H13NO3S/c14-11-8-17-10-5-2-1-4-9(10)13(11)7-3-6-12(15)16/h1-2,4-5H,3,6-8H2,(H,15,16). The van der Waals surface area contributed by atoms with Crippen LogP contribution in [0.15, 0.2) is 29.2 Å². The molecule has 0 radical (unpaired) electrons. The zero-order valence-corrected chi connectivity index (χ0v) is 10.1. The lowest BCUT2D eigenvalue weighted by atomic mass is 10.2. The summed E-state index contributed by atoms with van der Waals surface area (Å²) in [5, 5.41) is 8.60. The monoisotopic (exact) mass is 251 g/mol. The fourth-order valence-corrected chi connectivity index (χ4v) is 2.72. The van der Waals surface area contributed by atoms with E-state index in [1.807, 2.05) is 24.3 Å². The lowest BCUT2D eigenvalue weighted by Crippen LogP contribution is -2.36. The lowest BCUT2D eigenvalue weighted by molar-refractivity contribution is -0.137. The first-order valence-electron chi connectivity index (χ1n) is 5.42. The van der Waals surface area contributed by atoms with Crippen molar-refractivity contribution in [2.75, 3.05) is 17.2 Å². The molecule has 0 saturated heterocycles. The highest BCUT2D eigenvalue weighted by molar-refractivity contribution is 8.00. The molecule has 1 amide bonds. The molecular weight excluding hydrogens is 238 g/mol. The number of benzene rings is 1. The summed E-state index contributed by atoms with van der Waals surface area (Å²) in [5.74, 6) is -0.333. The number of carbonyl (C=O) groups is 2. The SMILES string of the molecule is O=C(O)CCCN1C(=O)CSc2ccccc21. The lowest BCUT2D eigenvalue weighted by Gasteiger charge is -2.28. The van der Waals surface area contributed by atoms with Gasteiger partial charge >= 0.3 is 5.97 Å². The van der Waals surface area contributed by atoms with Gasteiger partial charge in [0.25, 0.3) is 0 Å². The predicted octanol–water partition coefficient (Wildman–Crippen LogP) is 1.99. The van der Waals surface area contributed by atoms with Crippen LogP contribution in [0.4, 0.5) is 5.69 Å². The quantitative estimate of drug-likeness (QED) is 0.889. The Hall–Kier alpha value is -1.49. The Balaban J connectivity index is 2.10. The topological polar surface area (TPSA) is 57.6 Å². The van der Waals surface area contributed by atoms with Crippen molar-refractivity contribution >= 4 is 29.3 Å². The normalized spacial score (nSPS) is 14.6. The van der Waals surface area contributed by atoms with Crippen molar-refractivity contribution in [1.82, 2.24) is 0 Å². The number of nitrogens with zero attached hydrogens (tertiary/aromatic N) is 1. The zero-order chi connectivity index (χ0) is 12.3. The molecule has 90 valence electrons. The smallest absolute Gasteiger partial charge is 0.303 e. The molecule has 0 bridgehead atoms. The van der Waals surface area contributed by atoms with E-state index in [2.05, 4.69) is 0 Å². The van der Waals surface area contributed by atoms with Crippen molar-refractivity contribution in [3.05, 3.63) is 24.3 Å². The number of carboxylic acid groups (broad SMARTS) is 1. The molecule has 1 heterocycles. The molecule has 5 heteroatoms. The third-order valence-corrected chi connectivity index (χ3v) is 3.63. The minimum atomic E-state index is -0.822. The second kappa shape index (κ2) is 5.23. The number of carboxylic acids is 1. The average molecular weight is 251 g/mol. The van der Waals surface area contributed by atoms with Gasteiger partial charge in [-0.3, -0.25) is 9.59 Å².